The number of aliphatic carboxylic acids is 1. The van der Waals surface area contributed by atoms with Gasteiger partial charge in [0.15, 0.2) is 11.9 Å². The number of fused-ring (bicyclic) bond motifs is 1. The number of aryl methyl sites for hydroxylation is 1. The molecule has 8 nitrogen and oxygen atoms in total. The van der Waals surface area contributed by atoms with E-state index >= 15 is 0 Å². The van der Waals surface area contributed by atoms with E-state index in [0.29, 0.717) is 48.6 Å². The van der Waals surface area contributed by atoms with Crippen molar-refractivity contribution in [3.63, 3.8) is 0 Å². The van der Waals surface area contributed by atoms with E-state index in [2.05, 4.69) is 0 Å². The van der Waals surface area contributed by atoms with Crippen molar-refractivity contribution in [1.82, 2.24) is 9.71 Å². The maximum absolute atomic E-state index is 11.2. The Morgan fingerprint density at radius 1 is 1.12 bits per heavy atom. The highest BCUT2D eigenvalue weighted by atomic mass is 35.5. The van der Waals surface area contributed by atoms with Gasteiger partial charge in [0, 0.05) is 30.4 Å². The van der Waals surface area contributed by atoms with Crippen molar-refractivity contribution in [3.8, 4) is 11.5 Å². The van der Waals surface area contributed by atoms with Gasteiger partial charge in [-0.25, -0.2) is 4.98 Å². The molecule has 2 heterocycles. The second-order valence-corrected chi connectivity index (χ2v) is 9.95. The van der Waals surface area contributed by atoms with Gasteiger partial charge in [0.05, 0.1) is 18.7 Å². The molecule has 0 amide bonds. The van der Waals surface area contributed by atoms with Gasteiger partial charge in [0.1, 0.15) is 29.7 Å². The summed E-state index contributed by atoms with van der Waals surface area (Å²) < 4.78 is 19.7. The van der Waals surface area contributed by atoms with Gasteiger partial charge in [0.25, 0.3) is 0 Å². The fraction of sp³-hybridized carbons (Fsp3) is 0.333. The van der Waals surface area contributed by atoms with Gasteiger partial charge in [-0.3, -0.25) is 4.79 Å². The number of rotatable bonds is 11. The first-order valence-electron chi connectivity index (χ1n) is 13.1. The van der Waals surface area contributed by atoms with Crippen LogP contribution in [0.3, 0.4) is 0 Å². The minimum absolute atomic E-state index is 0. The molecule has 5 rings (SSSR count). The van der Waals surface area contributed by atoms with Crippen LogP contribution in [0.15, 0.2) is 66.7 Å². The van der Waals surface area contributed by atoms with Crippen LogP contribution in [0.25, 0.3) is 11.0 Å². The maximum Gasteiger partial charge on any atom is 0.303 e. The highest BCUT2D eigenvalue weighted by molar-refractivity contribution is 6.30. The van der Waals surface area contributed by atoms with Crippen LogP contribution in [0.4, 0.5) is 0 Å². The number of imidazole rings is 1. The SMILES string of the molecule is CC(Oc1ccc(CCC(=O)O)c(OCc2ccc(Cl)cc2)c1)c1nc2ccccc2n1OC1CCOCC1.Cl. The first-order valence-corrected chi connectivity index (χ1v) is 13.4. The largest absolute Gasteiger partial charge is 0.488 e. The number of ether oxygens (including phenoxy) is 3. The number of carboxylic acid groups (broad SMARTS) is 1. The molecule has 0 spiro atoms. The zero-order valence-corrected chi connectivity index (χ0v) is 23.7. The number of carboxylic acids is 1. The van der Waals surface area contributed by atoms with Crippen molar-refractivity contribution in [1.29, 1.82) is 0 Å². The normalized spacial score (nSPS) is 14.3. The fourth-order valence-corrected chi connectivity index (χ4v) is 4.64. The van der Waals surface area contributed by atoms with Crippen molar-refractivity contribution in [2.45, 2.75) is 51.4 Å². The van der Waals surface area contributed by atoms with Gasteiger partial charge in [0.2, 0.25) is 0 Å². The number of hydrogen-bond donors (Lipinski definition) is 1. The molecule has 40 heavy (non-hydrogen) atoms. The third kappa shape index (κ3) is 7.38. The van der Waals surface area contributed by atoms with Gasteiger partial charge in [-0.2, -0.15) is 4.73 Å². The fourth-order valence-electron chi connectivity index (χ4n) is 4.51. The quantitative estimate of drug-likeness (QED) is 0.216. The summed E-state index contributed by atoms with van der Waals surface area (Å²) in [5.41, 5.74) is 3.44. The molecule has 0 radical (unpaired) electrons. The van der Waals surface area contributed by atoms with E-state index in [1.165, 1.54) is 0 Å². The van der Waals surface area contributed by atoms with Gasteiger partial charge in [-0.1, -0.05) is 41.9 Å². The Balaban J connectivity index is 0.00000370. The smallest absolute Gasteiger partial charge is 0.303 e. The summed E-state index contributed by atoms with van der Waals surface area (Å²) >= 11 is 6.00. The highest BCUT2D eigenvalue weighted by Gasteiger charge is 2.24. The van der Waals surface area contributed by atoms with Gasteiger partial charge < -0.3 is 24.2 Å². The standard InChI is InChI=1S/C30H31ClN2O6.ClH/c1-20(30-32-26-4-2-3-5-27(26)33(30)39-24-14-16-36-17-15-24)38-25-12-8-22(9-13-29(34)35)28(18-25)37-19-21-6-10-23(31)11-7-21;/h2-8,10-12,18,20,24H,9,13-17,19H2,1H3,(H,34,35);1H. The number of nitrogens with zero attached hydrogens (tertiary/aromatic N) is 2. The van der Waals surface area contributed by atoms with Crippen LogP contribution < -0.4 is 14.3 Å². The van der Waals surface area contributed by atoms with E-state index in [1.807, 2.05) is 55.5 Å². The molecule has 1 saturated heterocycles. The minimum Gasteiger partial charge on any atom is -0.488 e. The Morgan fingerprint density at radius 3 is 2.62 bits per heavy atom. The van der Waals surface area contributed by atoms with Crippen LogP contribution in [0.5, 0.6) is 11.5 Å². The first-order chi connectivity index (χ1) is 19.0. The van der Waals surface area contributed by atoms with Crippen LogP contribution in [-0.2, 0) is 22.6 Å². The van der Waals surface area contributed by atoms with E-state index in [9.17, 15) is 9.90 Å². The average molecular weight is 588 g/mol. The Morgan fingerprint density at radius 2 is 1.88 bits per heavy atom. The van der Waals surface area contributed by atoms with E-state index < -0.39 is 12.1 Å². The molecule has 1 aliphatic rings. The minimum atomic E-state index is -0.865. The average Bonchev–Trinajstić information content (AvgIpc) is 3.31. The molecular formula is C30H32Cl2N2O6. The topological polar surface area (TPSA) is 92.0 Å². The molecule has 1 N–H and O–H groups in total. The molecule has 1 aromatic heterocycles. The second-order valence-electron chi connectivity index (χ2n) is 9.51. The van der Waals surface area contributed by atoms with Crippen LogP contribution in [0.1, 0.15) is 49.2 Å². The van der Waals surface area contributed by atoms with E-state index in [1.54, 1.807) is 22.9 Å². The van der Waals surface area contributed by atoms with E-state index in [0.717, 1.165) is 35.0 Å². The number of benzene rings is 3. The first kappa shape index (κ1) is 29.5. The van der Waals surface area contributed by atoms with Crippen LogP contribution in [-0.4, -0.2) is 40.1 Å². The third-order valence-electron chi connectivity index (χ3n) is 6.60. The molecule has 0 aliphatic carbocycles. The molecule has 212 valence electrons. The molecule has 10 heteroatoms. The Bertz CT molecular complexity index is 1420. The summed E-state index contributed by atoms with van der Waals surface area (Å²) in [6.07, 6.45) is 1.56. The molecule has 0 saturated carbocycles. The number of carbonyl (C=O) groups is 1. The van der Waals surface area contributed by atoms with E-state index in [-0.39, 0.29) is 24.9 Å². The lowest BCUT2D eigenvalue weighted by molar-refractivity contribution is -0.136. The molecule has 1 fully saturated rings. The molecule has 1 unspecified atom stereocenters. The lowest BCUT2D eigenvalue weighted by Gasteiger charge is -2.25. The lowest BCUT2D eigenvalue weighted by atomic mass is 10.1. The van der Waals surface area contributed by atoms with Crippen molar-refractivity contribution < 1.29 is 28.9 Å². The number of para-hydroxylation sites is 2. The zero-order valence-electron chi connectivity index (χ0n) is 22.1. The van der Waals surface area contributed by atoms with Crippen molar-refractivity contribution in [2.24, 2.45) is 0 Å². The maximum atomic E-state index is 11.2. The summed E-state index contributed by atoms with van der Waals surface area (Å²) in [5, 5.41) is 9.85. The Kier molecular flexibility index (Phi) is 10.1. The summed E-state index contributed by atoms with van der Waals surface area (Å²) in [6.45, 7) is 3.58. The Hall–Kier alpha value is -3.46. The Labute approximate surface area is 244 Å². The predicted octanol–water partition coefficient (Wildman–Crippen LogP) is 6.46. The summed E-state index contributed by atoms with van der Waals surface area (Å²) in [7, 11) is 0. The molecule has 1 aliphatic heterocycles. The van der Waals surface area contributed by atoms with Crippen LogP contribution in [0.2, 0.25) is 5.02 Å². The van der Waals surface area contributed by atoms with Crippen molar-refractivity contribution >= 4 is 41.0 Å². The van der Waals surface area contributed by atoms with Gasteiger partial charge in [-0.15, -0.1) is 12.4 Å². The second kappa shape index (κ2) is 13.7. The number of hydrogen-bond acceptors (Lipinski definition) is 6. The van der Waals surface area contributed by atoms with Crippen LogP contribution in [0, 0.1) is 0 Å². The van der Waals surface area contributed by atoms with Crippen molar-refractivity contribution in [3.05, 3.63) is 88.7 Å². The summed E-state index contributed by atoms with van der Waals surface area (Å²) in [4.78, 5) is 22.4. The van der Waals surface area contributed by atoms with Gasteiger partial charge >= 0.3 is 5.97 Å². The summed E-state index contributed by atoms with van der Waals surface area (Å²) in [6, 6.07) is 20.7. The number of halogens is 2. The zero-order chi connectivity index (χ0) is 27.2. The molecule has 0 bridgehead atoms. The third-order valence-corrected chi connectivity index (χ3v) is 6.85. The molecule has 1 atom stereocenters. The predicted molar refractivity (Wildman–Crippen MR) is 155 cm³/mol. The number of aromatic nitrogens is 2. The monoisotopic (exact) mass is 586 g/mol. The highest BCUT2D eigenvalue weighted by Crippen LogP contribution is 2.31. The van der Waals surface area contributed by atoms with E-state index in [4.69, 9.17) is 35.6 Å². The molecule has 4 aromatic rings. The lowest BCUT2D eigenvalue weighted by Crippen LogP contribution is -2.32. The molecule has 3 aromatic carbocycles. The summed E-state index contributed by atoms with van der Waals surface area (Å²) in [5.74, 6) is 0.942. The van der Waals surface area contributed by atoms with Gasteiger partial charge in [-0.05, 0) is 54.8 Å². The molecular weight excluding hydrogens is 555 g/mol. The van der Waals surface area contributed by atoms with Crippen LogP contribution >= 0.6 is 24.0 Å². The van der Waals surface area contributed by atoms with Crippen molar-refractivity contribution in [2.75, 3.05) is 13.2 Å².